The Kier molecular flexibility index (Phi) is 3.22. The van der Waals surface area contributed by atoms with E-state index in [0.717, 1.165) is 18.4 Å². The maximum atomic E-state index is 12.9. The van der Waals surface area contributed by atoms with Crippen molar-refractivity contribution in [2.24, 2.45) is 0 Å². The topological polar surface area (TPSA) is 59.8 Å². The van der Waals surface area contributed by atoms with Crippen LogP contribution in [-0.2, 0) is 0 Å². The lowest BCUT2D eigenvalue weighted by molar-refractivity contribution is 0.0946. The van der Waals surface area contributed by atoms with Gasteiger partial charge >= 0.3 is 0 Å². The average molecular weight is 274 g/mol. The zero-order valence-electron chi connectivity index (χ0n) is 11.1. The van der Waals surface area contributed by atoms with Crippen LogP contribution in [0.2, 0.25) is 0 Å². The predicted molar refractivity (Wildman–Crippen MR) is 70.7 cm³/mol. The number of nitrogens with zero attached hydrogens (tertiary/aromatic N) is 3. The van der Waals surface area contributed by atoms with Crippen LogP contribution in [0.3, 0.4) is 0 Å². The zero-order chi connectivity index (χ0) is 14.1. The van der Waals surface area contributed by atoms with E-state index in [1.807, 2.05) is 6.92 Å². The van der Waals surface area contributed by atoms with Gasteiger partial charge in [-0.1, -0.05) is 17.3 Å². The molecule has 0 saturated heterocycles. The molecule has 0 spiro atoms. The number of carbonyl (C=O) groups is 1. The maximum Gasteiger partial charge on any atom is 0.273 e. The van der Waals surface area contributed by atoms with Gasteiger partial charge in [-0.3, -0.25) is 4.79 Å². The molecule has 104 valence electrons. The maximum absolute atomic E-state index is 12.9. The Morgan fingerprint density at radius 1 is 1.40 bits per heavy atom. The van der Waals surface area contributed by atoms with E-state index in [1.54, 1.807) is 23.0 Å². The minimum atomic E-state index is -0.274. The van der Waals surface area contributed by atoms with E-state index in [0.29, 0.717) is 11.7 Å². The van der Waals surface area contributed by atoms with Gasteiger partial charge < -0.3 is 5.32 Å². The van der Waals surface area contributed by atoms with Crippen LogP contribution < -0.4 is 5.32 Å². The van der Waals surface area contributed by atoms with Gasteiger partial charge in [0.2, 0.25) is 0 Å². The molecule has 1 aromatic heterocycles. The SMILES string of the molecule is C[C@@H](c1ccc(F)cc1)n1cc(C(=O)NC2CC2)nn1. The Bertz CT molecular complexity index is 618. The summed E-state index contributed by atoms with van der Waals surface area (Å²) < 4.78 is 14.5. The Balaban J connectivity index is 1.74. The first-order valence-corrected chi connectivity index (χ1v) is 6.61. The van der Waals surface area contributed by atoms with Crippen molar-refractivity contribution in [3.8, 4) is 0 Å². The number of aromatic nitrogens is 3. The Labute approximate surface area is 115 Å². The van der Waals surface area contributed by atoms with Crippen LogP contribution in [0.25, 0.3) is 0 Å². The molecule has 1 amide bonds. The van der Waals surface area contributed by atoms with E-state index in [9.17, 15) is 9.18 Å². The van der Waals surface area contributed by atoms with Gasteiger partial charge in [-0.2, -0.15) is 0 Å². The predicted octanol–water partition coefficient (Wildman–Crippen LogP) is 1.92. The van der Waals surface area contributed by atoms with Crippen LogP contribution in [0, 0.1) is 5.82 Å². The van der Waals surface area contributed by atoms with Crippen LogP contribution in [0.15, 0.2) is 30.5 Å². The molecule has 0 unspecified atom stereocenters. The molecule has 1 aliphatic rings. The molecule has 1 aliphatic carbocycles. The lowest BCUT2D eigenvalue weighted by Gasteiger charge is -2.11. The third-order valence-corrected chi connectivity index (χ3v) is 3.40. The van der Waals surface area contributed by atoms with Crippen molar-refractivity contribution < 1.29 is 9.18 Å². The Hall–Kier alpha value is -2.24. The lowest BCUT2D eigenvalue weighted by atomic mass is 10.1. The van der Waals surface area contributed by atoms with Crippen LogP contribution in [0.5, 0.6) is 0 Å². The normalized spacial score (nSPS) is 15.9. The molecule has 0 bridgehead atoms. The highest BCUT2D eigenvalue weighted by atomic mass is 19.1. The van der Waals surface area contributed by atoms with Crippen molar-refractivity contribution in [3.05, 3.63) is 47.5 Å². The first-order valence-electron chi connectivity index (χ1n) is 6.61. The number of carbonyl (C=O) groups excluding carboxylic acids is 1. The summed E-state index contributed by atoms with van der Waals surface area (Å²) in [7, 11) is 0. The highest BCUT2D eigenvalue weighted by molar-refractivity contribution is 5.92. The van der Waals surface area contributed by atoms with Gasteiger partial charge in [0.1, 0.15) is 5.82 Å². The first kappa shape index (κ1) is 12.8. The second-order valence-corrected chi connectivity index (χ2v) is 5.06. The molecule has 3 rings (SSSR count). The highest BCUT2D eigenvalue weighted by Gasteiger charge is 2.25. The number of amides is 1. The van der Waals surface area contributed by atoms with Gasteiger partial charge in [-0.05, 0) is 37.5 Å². The van der Waals surface area contributed by atoms with Crippen molar-refractivity contribution in [1.82, 2.24) is 20.3 Å². The molecular formula is C14H15FN4O. The third-order valence-electron chi connectivity index (χ3n) is 3.40. The van der Waals surface area contributed by atoms with Crippen LogP contribution in [-0.4, -0.2) is 26.9 Å². The molecule has 6 heteroatoms. The number of nitrogens with one attached hydrogen (secondary N) is 1. The monoisotopic (exact) mass is 274 g/mol. The minimum absolute atomic E-state index is 0.106. The number of hydrogen-bond donors (Lipinski definition) is 1. The van der Waals surface area contributed by atoms with E-state index < -0.39 is 0 Å². The van der Waals surface area contributed by atoms with E-state index in [1.165, 1.54) is 12.1 Å². The van der Waals surface area contributed by atoms with Crippen molar-refractivity contribution in [2.45, 2.75) is 31.8 Å². The molecule has 0 radical (unpaired) electrons. The quantitative estimate of drug-likeness (QED) is 0.926. The molecule has 0 aliphatic heterocycles. The highest BCUT2D eigenvalue weighted by Crippen LogP contribution is 2.20. The van der Waals surface area contributed by atoms with E-state index in [-0.39, 0.29) is 17.8 Å². The average Bonchev–Trinajstić information content (AvgIpc) is 3.11. The smallest absolute Gasteiger partial charge is 0.273 e. The Morgan fingerprint density at radius 2 is 2.10 bits per heavy atom. The minimum Gasteiger partial charge on any atom is -0.348 e. The summed E-state index contributed by atoms with van der Waals surface area (Å²) in [6, 6.07) is 6.40. The summed E-state index contributed by atoms with van der Waals surface area (Å²) in [5.41, 5.74) is 1.22. The largest absolute Gasteiger partial charge is 0.348 e. The van der Waals surface area contributed by atoms with Gasteiger partial charge in [-0.15, -0.1) is 5.10 Å². The second-order valence-electron chi connectivity index (χ2n) is 5.06. The van der Waals surface area contributed by atoms with Gasteiger partial charge in [-0.25, -0.2) is 9.07 Å². The van der Waals surface area contributed by atoms with Gasteiger partial charge in [0.15, 0.2) is 5.69 Å². The summed E-state index contributed by atoms with van der Waals surface area (Å²) in [4.78, 5) is 11.8. The van der Waals surface area contributed by atoms with Crippen LogP contribution >= 0.6 is 0 Å². The molecule has 20 heavy (non-hydrogen) atoms. The fourth-order valence-electron chi connectivity index (χ4n) is 1.95. The van der Waals surface area contributed by atoms with Crippen molar-refractivity contribution in [3.63, 3.8) is 0 Å². The fraction of sp³-hybridized carbons (Fsp3) is 0.357. The van der Waals surface area contributed by atoms with E-state index in [4.69, 9.17) is 0 Å². The van der Waals surface area contributed by atoms with E-state index >= 15 is 0 Å². The Morgan fingerprint density at radius 3 is 2.75 bits per heavy atom. The van der Waals surface area contributed by atoms with Gasteiger partial charge in [0, 0.05) is 6.04 Å². The molecule has 1 fully saturated rings. The molecule has 2 aromatic rings. The van der Waals surface area contributed by atoms with Gasteiger partial charge in [0.25, 0.3) is 5.91 Å². The molecule has 1 aromatic carbocycles. The van der Waals surface area contributed by atoms with Crippen molar-refractivity contribution in [1.29, 1.82) is 0 Å². The third kappa shape index (κ3) is 2.68. The van der Waals surface area contributed by atoms with Crippen LogP contribution in [0.1, 0.15) is 41.9 Å². The number of rotatable bonds is 4. The summed E-state index contributed by atoms with van der Waals surface area (Å²) in [6.07, 6.45) is 3.68. The molecule has 5 nitrogen and oxygen atoms in total. The summed E-state index contributed by atoms with van der Waals surface area (Å²) in [6.45, 7) is 1.92. The molecule has 1 heterocycles. The molecule has 1 atom stereocenters. The lowest BCUT2D eigenvalue weighted by Crippen LogP contribution is -2.25. The number of halogens is 1. The van der Waals surface area contributed by atoms with Crippen molar-refractivity contribution >= 4 is 5.91 Å². The first-order chi connectivity index (χ1) is 9.63. The molecule has 1 saturated carbocycles. The summed E-state index contributed by atoms with van der Waals surface area (Å²) >= 11 is 0. The summed E-state index contributed by atoms with van der Waals surface area (Å²) in [5, 5.41) is 10.7. The van der Waals surface area contributed by atoms with Crippen molar-refractivity contribution in [2.75, 3.05) is 0 Å². The fourth-order valence-corrected chi connectivity index (χ4v) is 1.95. The standard InChI is InChI=1S/C14H15FN4O/c1-9(10-2-4-11(15)5-3-10)19-8-13(17-18-19)14(20)16-12-6-7-12/h2-5,8-9,12H,6-7H2,1H3,(H,16,20)/t9-/m0/s1. The number of benzene rings is 1. The van der Waals surface area contributed by atoms with Crippen LogP contribution in [0.4, 0.5) is 4.39 Å². The second kappa shape index (κ2) is 5.03. The molecule has 1 N–H and O–H groups in total. The van der Waals surface area contributed by atoms with E-state index in [2.05, 4.69) is 15.6 Å². The molecular weight excluding hydrogens is 259 g/mol. The van der Waals surface area contributed by atoms with Gasteiger partial charge in [0.05, 0.1) is 12.2 Å². The number of hydrogen-bond acceptors (Lipinski definition) is 3. The zero-order valence-corrected chi connectivity index (χ0v) is 11.1. The summed E-state index contributed by atoms with van der Waals surface area (Å²) in [5.74, 6) is -0.464.